The van der Waals surface area contributed by atoms with Gasteiger partial charge in [0.05, 0.1) is 18.3 Å². The van der Waals surface area contributed by atoms with Crippen molar-refractivity contribution in [2.45, 2.75) is 52.5 Å². The second kappa shape index (κ2) is 10.6. The number of aryl methyl sites for hydroxylation is 3. The fourth-order valence-corrected chi connectivity index (χ4v) is 4.50. The average Bonchev–Trinajstić information content (AvgIpc) is 2.82. The van der Waals surface area contributed by atoms with E-state index in [1.54, 1.807) is 0 Å². The van der Waals surface area contributed by atoms with Crippen molar-refractivity contribution in [3.63, 3.8) is 0 Å². The summed E-state index contributed by atoms with van der Waals surface area (Å²) in [6, 6.07) is 18.8. The molecule has 34 heavy (non-hydrogen) atoms. The molecule has 1 aliphatic rings. The number of aliphatic carboxylic acids is 1. The van der Waals surface area contributed by atoms with Crippen LogP contribution in [0.3, 0.4) is 0 Å². The van der Waals surface area contributed by atoms with E-state index in [4.69, 9.17) is 14.6 Å². The molecule has 0 saturated heterocycles. The highest BCUT2D eigenvalue weighted by molar-refractivity contribution is 5.73. The van der Waals surface area contributed by atoms with Gasteiger partial charge >= 0.3 is 5.97 Å². The number of carbonyl (C=O) groups is 1. The molecule has 2 N–H and O–H groups in total. The monoisotopic (exact) mass is 459 g/mol. The predicted octanol–water partition coefficient (Wildman–Crippen LogP) is 6.71. The highest BCUT2D eigenvalue weighted by Crippen LogP contribution is 2.37. The van der Waals surface area contributed by atoms with Gasteiger partial charge in [-0.15, -0.1) is 0 Å². The van der Waals surface area contributed by atoms with Gasteiger partial charge in [-0.3, -0.25) is 4.79 Å². The Hall–Kier alpha value is -3.47. The molecule has 0 bridgehead atoms. The van der Waals surface area contributed by atoms with Crippen LogP contribution in [0, 0.1) is 13.8 Å². The van der Waals surface area contributed by atoms with Crippen LogP contribution in [0.2, 0.25) is 0 Å². The van der Waals surface area contributed by atoms with Gasteiger partial charge < -0.3 is 19.9 Å². The Kier molecular flexibility index (Phi) is 7.41. The van der Waals surface area contributed by atoms with E-state index < -0.39 is 5.97 Å². The smallest absolute Gasteiger partial charge is 0.303 e. The number of ether oxygens (including phenoxy) is 2. The Balaban J connectivity index is 1.52. The first-order valence-corrected chi connectivity index (χ1v) is 12.0. The zero-order valence-electron chi connectivity index (χ0n) is 20.2. The molecule has 0 aliphatic carbocycles. The normalized spacial score (nSPS) is 14.6. The van der Waals surface area contributed by atoms with Gasteiger partial charge in [0, 0.05) is 6.42 Å². The first-order chi connectivity index (χ1) is 16.4. The molecule has 0 fully saturated rings. The molecule has 0 aromatic heterocycles. The number of fused-ring (bicyclic) bond motifs is 1. The van der Waals surface area contributed by atoms with E-state index in [2.05, 4.69) is 62.5 Å². The summed E-state index contributed by atoms with van der Waals surface area (Å²) in [5.41, 5.74) is 7.90. The van der Waals surface area contributed by atoms with Gasteiger partial charge in [0.25, 0.3) is 0 Å². The molecular weight excluding hydrogens is 426 g/mol. The summed E-state index contributed by atoms with van der Waals surface area (Å²) in [7, 11) is 0. The van der Waals surface area contributed by atoms with Gasteiger partial charge in [-0.05, 0) is 90.4 Å². The maximum Gasteiger partial charge on any atom is 0.303 e. The fourth-order valence-electron chi connectivity index (χ4n) is 4.50. The molecule has 0 saturated carbocycles. The molecule has 1 unspecified atom stereocenters. The average molecular weight is 460 g/mol. The van der Waals surface area contributed by atoms with Crippen LogP contribution >= 0.6 is 0 Å². The molecule has 0 radical (unpaired) electrons. The highest BCUT2D eigenvalue weighted by Gasteiger charge is 2.21. The maximum atomic E-state index is 10.9. The zero-order valence-corrected chi connectivity index (χ0v) is 20.2. The number of carboxylic acids is 1. The van der Waals surface area contributed by atoms with Crippen molar-refractivity contribution < 1.29 is 19.4 Å². The zero-order chi connectivity index (χ0) is 24.1. The molecule has 3 aromatic carbocycles. The predicted molar refractivity (Wildman–Crippen MR) is 136 cm³/mol. The first-order valence-electron chi connectivity index (χ1n) is 12.0. The molecule has 0 spiro atoms. The van der Waals surface area contributed by atoms with E-state index in [0.717, 1.165) is 42.2 Å². The Morgan fingerprint density at radius 2 is 1.91 bits per heavy atom. The van der Waals surface area contributed by atoms with Gasteiger partial charge in [0.15, 0.2) is 0 Å². The third-order valence-corrected chi connectivity index (χ3v) is 6.26. The van der Waals surface area contributed by atoms with Gasteiger partial charge in [-0.25, -0.2) is 0 Å². The summed E-state index contributed by atoms with van der Waals surface area (Å²) in [5, 5.41) is 12.5. The fraction of sp³-hybridized carbons (Fsp3) is 0.345. The van der Waals surface area contributed by atoms with Crippen molar-refractivity contribution in [1.29, 1.82) is 0 Å². The largest absolute Gasteiger partial charge is 0.494 e. The summed E-state index contributed by atoms with van der Waals surface area (Å²) in [6.45, 7) is 7.71. The molecule has 1 atom stereocenters. The Morgan fingerprint density at radius 3 is 2.65 bits per heavy atom. The van der Waals surface area contributed by atoms with Gasteiger partial charge in [0.1, 0.15) is 18.1 Å². The molecule has 5 nitrogen and oxygen atoms in total. The highest BCUT2D eigenvalue weighted by atomic mass is 16.5. The van der Waals surface area contributed by atoms with E-state index in [9.17, 15) is 4.79 Å². The summed E-state index contributed by atoms with van der Waals surface area (Å²) in [5.74, 6) is 0.923. The lowest BCUT2D eigenvalue weighted by Crippen LogP contribution is -2.24. The number of anilines is 1. The lowest BCUT2D eigenvalue weighted by Gasteiger charge is -2.28. The Labute approximate surface area is 201 Å². The third kappa shape index (κ3) is 5.53. The van der Waals surface area contributed by atoms with Gasteiger partial charge in [-0.2, -0.15) is 0 Å². The summed E-state index contributed by atoms with van der Waals surface area (Å²) in [6.07, 6.45) is 2.80. The van der Waals surface area contributed by atoms with Crippen LogP contribution in [-0.4, -0.2) is 24.3 Å². The van der Waals surface area contributed by atoms with Crippen LogP contribution < -0.4 is 14.8 Å². The SMILES string of the molecule is CCCCOc1cc(C)c(-c2cccc(C3COc4cc(CCC(=O)O)ccc4N3)c2)c(C)c1. The molecule has 0 amide bonds. The van der Waals surface area contributed by atoms with E-state index in [1.807, 2.05) is 18.2 Å². The second-order valence-electron chi connectivity index (χ2n) is 8.99. The van der Waals surface area contributed by atoms with Crippen LogP contribution in [0.1, 0.15) is 54.5 Å². The minimum absolute atomic E-state index is 0.0367. The van der Waals surface area contributed by atoms with Crippen LogP contribution in [0.5, 0.6) is 11.5 Å². The number of carboxylic acid groups (broad SMARTS) is 1. The van der Waals surface area contributed by atoms with Crippen molar-refractivity contribution in [3.05, 3.63) is 76.9 Å². The van der Waals surface area contributed by atoms with E-state index in [0.29, 0.717) is 13.0 Å². The minimum Gasteiger partial charge on any atom is -0.494 e. The van der Waals surface area contributed by atoms with E-state index in [-0.39, 0.29) is 12.5 Å². The van der Waals surface area contributed by atoms with Crippen molar-refractivity contribution in [2.24, 2.45) is 0 Å². The van der Waals surface area contributed by atoms with Crippen molar-refractivity contribution in [3.8, 4) is 22.6 Å². The Morgan fingerprint density at radius 1 is 1.12 bits per heavy atom. The van der Waals surface area contributed by atoms with Crippen LogP contribution in [0.25, 0.3) is 11.1 Å². The number of hydrogen-bond donors (Lipinski definition) is 2. The summed E-state index contributed by atoms with van der Waals surface area (Å²) < 4.78 is 12.0. The molecule has 1 aliphatic heterocycles. The lowest BCUT2D eigenvalue weighted by molar-refractivity contribution is -0.136. The number of hydrogen-bond acceptors (Lipinski definition) is 4. The lowest BCUT2D eigenvalue weighted by atomic mass is 9.93. The molecule has 5 heteroatoms. The van der Waals surface area contributed by atoms with Crippen molar-refractivity contribution in [1.82, 2.24) is 0 Å². The molecule has 3 aromatic rings. The van der Waals surface area contributed by atoms with Gasteiger partial charge in [-0.1, -0.05) is 37.6 Å². The second-order valence-corrected chi connectivity index (χ2v) is 8.99. The van der Waals surface area contributed by atoms with Crippen molar-refractivity contribution in [2.75, 3.05) is 18.5 Å². The van der Waals surface area contributed by atoms with Crippen LogP contribution in [-0.2, 0) is 11.2 Å². The molecule has 4 rings (SSSR count). The summed E-state index contributed by atoms with van der Waals surface area (Å²) >= 11 is 0. The van der Waals surface area contributed by atoms with Gasteiger partial charge in [0.2, 0.25) is 0 Å². The number of rotatable bonds is 9. The molecule has 178 valence electrons. The topological polar surface area (TPSA) is 67.8 Å². The number of nitrogens with one attached hydrogen (secondary N) is 1. The van der Waals surface area contributed by atoms with Crippen LogP contribution in [0.4, 0.5) is 5.69 Å². The van der Waals surface area contributed by atoms with E-state index in [1.165, 1.54) is 27.8 Å². The van der Waals surface area contributed by atoms with Crippen molar-refractivity contribution >= 4 is 11.7 Å². The number of unbranched alkanes of at least 4 members (excludes halogenated alkanes) is 1. The Bertz CT molecular complexity index is 1150. The van der Waals surface area contributed by atoms with Crippen LogP contribution in [0.15, 0.2) is 54.6 Å². The quantitative estimate of drug-likeness (QED) is 0.348. The molecule has 1 heterocycles. The maximum absolute atomic E-state index is 10.9. The molecular formula is C29H33NO4. The first kappa shape index (κ1) is 23.7. The minimum atomic E-state index is -0.791. The number of benzene rings is 3. The standard InChI is InChI=1S/C29H33NO4/c1-4-5-13-33-24-14-19(2)29(20(3)15-24)23-8-6-7-22(17-23)26-18-34-27-16-21(10-12-28(31)32)9-11-25(27)30-26/h6-9,11,14-17,26,30H,4-5,10,12-13,18H2,1-3H3,(H,31,32). The third-order valence-electron chi connectivity index (χ3n) is 6.26. The summed E-state index contributed by atoms with van der Waals surface area (Å²) in [4.78, 5) is 10.9. The van der Waals surface area contributed by atoms with E-state index >= 15 is 0 Å².